The molecule has 164 valence electrons. The van der Waals surface area contributed by atoms with Crippen LogP contribution in [0.1, 0.15) is 37.8 Å². The Morgan fingerprint density at radius 1 is 0.676 bits per heavy atom. The van der Waals surface area contributed by atoms with Gasteiger partial charge in [0.05, 0.1) is 17.3 Å². The highest BCUT2D eigenvalue weighted by molar-refractivity contribution is 6.38. The van der Waals surface area contributed by atoms with Crippen LogP contribution < -0.4 is 5.01 Å². The molecule has 0 amide bonds. The molecule has 0 bridgehead atoms. The molecule has 2 aliphatic rings. The van der Waals surface area contributed by atoms with Crippen LogP contribution in [0.25, 0.3) is 0 Å². The van der Waals surface area contributed by atoms with Crippen LogP contribution in [0.3, 0.4) is 0 Å². The lowest BCUT2D eigenvalue weighted by Gasteiger charge is -2.36. The molecule has 0 radical (unpaired) electrons. The van der Waals surface area contributed by atoms with Crippen molar-refractivity contribution in [1.82, 2.24) is 0 Å². The van der Waals surface area contributed by atoms with E-state index in [4.69, 9.17) is 5.10 Å². The van der Waals surface area contributed by atoms with Gasteiger partial charge < -0.3 is 0 Å². The summed E-state index contributed by atoms with van der Waals surface area (Å²) in [5.74, 6) is -1.73. The smallest absolute Gasteiger partial charge is 0.201 e. The number of para-hydroxylation sites is 1. The highest BCUT2D eigenvalue weighted by atomic mass is 19.1. The van der Waals surface area contributed by atoms with E-state index in [2.05, 4.69) is 0 Å². The van der Waals surface area contributed by atoms with Crippen LogP contribution in [0, 0.1) is 5.82 Å². The molecule has 0 N–H and O–H groups in total. The molecule has 1 atom stereocenters. The van der Waals surface area contributed by atoms with Crippen LogP contribution >= 0.6 is 0 Å². The fourth-order valence-electron chi connectivity index (χ4n) is 5.13. The summed E-state index contributed by atoms with van der Waals surface area (Å²) in [6.07, 6.45) is 0. The lowest BCUT2D eigenvalue weighted by atomic mass is 9.72. The number of anilines is 1. The fourth-order valence-corrected chi connectivity index (χ4v) is 5.13. The van der Waals surface area contributed by atoms with Crippen molar-refractivity contribution >= 4 is 23.0 Å². The second-order valence-corrected chi connectivity index (χ2v) is 8.45. The molecule has 4 aromatic rings. The predicted octanol–water partition coefficient (Wildman–Crippen LogP) is 5.65. The van der Waals surface area contributed by atoms with E-state index >= 15 is 0 Å². The van der Waals surface area contributed by atoms with Crippen LogP contribution in [0.2, 0.25) is 0 Å². The number of hydrogen-bond donors (Lipinski definition) is 0. The van der Waals surface area contributed by atoms with Gasteiger partial charge in [0.1, 0.15) is 5.82 Å². The van der Waals surface area contributed by atoms with Crippen molar-refractivity contribution in [3.05, 3.63) is 137 Å². The van der Waals surface area contributed by atoms with E-state index in [0.717, 1.165) is 5.56 Å². The molecule has 0 aromatic heterocycles. The van der Waals surface area contributed by atoms with Crippen molar-refractivity contribution in [3.8, 4) is 0 Å². The molecule has 1 aliphatic carbocycles. The summed E-state index contributed by atoms with van der Waals surface area (Å²) in [5.41, 5.74) is 1.78. The van der Waals surface area contributed by atoms with Gasteiger partial charge in [-0.2, -0.15) is 5.10 Å². The van der Waals surface area contributed by atoms with Crippen LogP contribution in [0.4, 0.5) is 10.1 Å². The number of fused-ring (bicyclic) bond motifs is 1. The number of Topliss-reactive ketones (excluding diaryl/α,β-unsaturated/α-hetero) is 2. The van der Waals surface area contributed by atoms with Crippen LogP contribution in [0.15, 0.2) is 114 Å². The van der Waals surface area contributed by atoms with E-state index < -0.39 is 11.5 Å². The summed E-state index contributed by atoms with van der Waals surface area (Å²) in [6, 6.07) is 31.6. The number of carbonyl (C=O) groups is 2. The Morgan fingerprint density at radius 2 is 1.21 bits per heavy atom. The van der Waals surface area contributed by atoms with Crippen LogP contribution in [0.5, 0.6) is 0 Å². The maximum absolute atomic E-state index is 14.2. The lowest BCUT2D eigenvalue weighted by molar-refractivity contribution is 0.0791. The second kappa shape index (κ2) is 7.59. The molecule has 4 aromatic carbocycles. The molecule has 1 spiro atoms. The van der Waals surface area contributed by atoms with Gasteiger partial charge in [-0.05, 0) is 35.4 Å². The highest BCUT2D eigenvalue weighted by Gasteiger charge is 2.66. The number of hydrogen-bond acceptors (Lipinski definition) is 4. The molecule has 0 fully saturated rings. The maximum atomic E-state index is 14.2. The quantitative estimate of drug-likeness (QED) is 0.382. The molecule has 6 rings (SSSR count). The van der Waals surface area contributed by atoms with E-state index in [1.165, 1.54) is 12.1 Å². The van der Waals surface area contributed by atoms with Crippen molar-refractivity contribution < 1.29 is 14.0 Å². The Kier molecular flexibility index (Phi) is 4.52. The largest absolute Gasteiger partial charge is 0.291 e. The van der Waals surface area contributed by atoms with Gasteiger partial charge in [-0.15, -0.1) is 0 Å². The topological polar surface area (TPSA) is 49.7 Å². The van der Waals surface area contributed by atoms with E-state index in [1.807, 2.05) is 60.7 Å². The fraction of sp³-hybridized carbons (Fsp3) is 0.0690. The zero-order valence-electron chi connectivity index (χ0n) is 18.1. The monoisotopic (exact) mass is 446 g/mol. The van der Waals surface area contributed by atoms with E-state index in [-0.39, 0.29) is 17.4 Å². The molecular weight excluding hydrogens is 427 g/mol. The van der Waals surface area contributed by atoms with Crippen molar-refractivity contribution in [1.29, 1.82) is 0 Å². The summed E-state index contributed by atoms with van der Waals surface area (Å²) in [5, 5.41) is 6.52. The summed E-state index contributed by atoms with van der Waals surface area (Å²) in [6.45, 7) is 0. The zero-order chi connectivity index (χ0) is 23.3. The molecule has 5 heteroatoms. The Balaban J connectivity index is 1.68. The first-order chi connectivity index (χ1) is 16.6. The first-order valence-electron chi connectivity index (χ1n) is 11.1. The Morgan fingerprint density at radius 3 is 1.79 bits per heavy atom. The van der Waals surface area contributed by atoms with Crippen molar-refractivity contribution in [3.63, 3.8) is 0 Å². The molecule has 1 unspecified atom stereocenters. The first kappa shape index (κ1) is 20.2. The molecule has 34 heavy (non-hydrogen) atoms. The summed E-state index contributed by atoms with van der Waals surface area (Å²) >= 11 is 0. The predicted molar refractivity (Wildman–Crippen MR) is 129 cm³/mol. The van der Waals surface area contributed by atoms with Gasteiger partial charge in [0.15, 0.2) is 11.6 Å². The number of rotatable bonds is 3. The SMILES string of the molecule is O=C1c2ccccc2C(=O)C12C(c1ccc(F)cc1)C(c1ccccc1)=NN2c1ccccc1. The second-order valence-electron chi connectivity index (χ2n) is 8.45. The Bertz CT molecular complexity index is 1410. The van der Waals surface area contributed by atoms with Gasteiger partial charge in [0.25, 0.3) is 0 Å². The third-order valence-electron chi connectivity index (χ3n) is 6.62. The van der Waals surface area contributed by atoms with E-state index in [9.17, 15) is 14.0 Å². The molecule has 4 nitrogen and oxygen atoms in total. The van der Waals surface area contributed by atoms with Crippen molar-refractivity contribution in [2.45, 2.75) is 11.5 Å². The zero-order valence-corrected chi connectivity index (χ0v) is 18.1. The molecular formula is C29H19FN2O2. The third kappa shape index (κ3) is 2.73. The van der Waals surface area contributed by atoms with Crippen molar-refractivity contribution in [2.24, 2.45) is 5.10 Å². The summed E-state index contributed by atoms with van der Waals surface area (Å²) < 4.78 is 13.9. The Labute approximate surface area is 196 Å². The van der Waals surface area contributed by atoms with E-state index in [1.54, 1.807) is 41.4 Å². The molecule has 1 aliphatic heterocycles. The van der Waals surface area contributed by atoms with Crippen molar-refractivity contribution in [2.75, 3.05) is 5.01 Å². The summed E-state index contributed by atoms with van der Waals surface area (Å²) in [7, 11) is 0. The van der Waals surface area contributed by atoms with Gasteiger partial charge in [0.2, 0.25) is 5.54 Å². The number of benzene rings is 4. The summed E-state index contributed by atoms with van der Waals surface area (Å²) in [4.78, 5) is 28.5. The molecule has 0 saturated heterocycles. The number of nitrogens with zero attached hydrogens (tertiary/aromatic N) is 2. The normalized spacial score (nSPS) is 18.3. The molecule has 1 heterocycles. The minimum Gasteiger partial charge on any atom is -0.291 e. The average Bonchev–Trinajstić information content (AvgIpc) is 3.36. The number of hydrazone groups is 1. The number of halogens is 1. The van der Waals surface area contributed by atoms with Gasteiger partial charge in [-0.25, -0.2) is 9.40 Å². The number of ketones is 2. The first-order valence-corrected chi connectivity index (χ1v) is 11.1. The van der Waals surface area contributed by atoms with Crippen LogP contribution in [-0.4, -0.2) is 22.8 Å². The maximum Gasteiger partial charge on any atom is 0.201 e. The molecule has 0 saturated carbocycles. The van der Waals surface area contributed by atoms with Gasteiger partial charge in [-0.1, -0.05) is 84.9 Å². The Hall–Kier alpha value is -4.38. The minimum absolute atomic E-state index is 0.305. The highest BCUT2D eigenvalue weighted by Crippen LogP contribution is 2.51. The minimum atomic E-state index is -1.64. The van der Waals surface area contributed by atoms with Gasteiger partial charge in [-0.3, -0.25) is 9.59 Å². The standard InChI is InChI=1S/C29H19FN2O2/c30-21-17-15-19(16-18-21)25-26(20-9-3-1-4-10-20)31-32(22-11-5-2-6-12-22)29(25)27(33)23-13-7-8-14-24(23)28(29)34/h1-18,25H. The number of carbonyl (C=O) groups excluding carboxylic acids is 2. The lowest BCUT2D eigenvalue weighted by Crippen LogP contribution is -2.57. The third-order valence-corrected chi connectivity index (χ3v) is 6.62. The van der Waals surface area contributed by atoms with E-state index in [0.29, 0.717) is 28.1 Å². The van der Waals surface area contributed by atoms with Gasteiger partial charge in [0, 0.05) is 11.1 Å². The van der Waals surface area contributed by atoms with Gasteiger partial charge >= 0.3 is 0 Å². The van der Waals surface area contributed by atoms with Crippen LogP contribution in [-0.2, 0) is 0 Å². The average molecular weight is 446 g/mol.